The van der Waals surface area contributed by atoms with E-state index in [2.05, 4.69) is 20.1 Å². The van der Waals surface area contributed by atoms with Crippen LogP contribution in [-0.2, 0) is 4.79 Å². The maximum Gasteiger partial charge on any atom is 0.281 e. The lowest BCUT2D eigenvalue weighted by molar-refractivity contribution is -0.114. The molecule has 4 rings (SSSR count). The van der Waals surface area contributed by atoms with Crippen molar-refractivity contribution in [3.63, 3.8) is 0 Å². The average Bonchev–Trinajstić information content (AvgIpc) is 3.14. The van der Waals surface area contributed by atoms with Gasteiger partial charge in [-0.1, -0.05) is 6.08 Å². The molecule has 0 bridgehead atoms. The van der Waals surface area contributed by atoms with Crippen molar-refractivity contribution in [3.8, 4) is 0 Å². The van der Waals surface area contributed by atoms with Crippen LogP contribution < -0.4 is 5.01 Å². The molecular formula is C16H11N5O2. The normalized spacial score (nSPS) is 18.1. The monoisotopic (exact) mass is 305 g/mol. The van der Waals surface area contributed by atoms with Gasteiger partial charge in [0.15, 0.2) is 11.6 Å². The molecule has 0 saturated heterocycles. The number of aromatic amines is 1. The van der Waals surface area contributed by atoms with Crippen molar-refractivity contribution in [2.24, 2.45) is 5.10 Å². The van der Waals surface area contributed by atoms with Crippen LogP contribution in [-0.4, -0.2) is 32.9 Å². The number of allylic oxidation sites excluding steroid dienone is 1. The van der Waals surface area contributed by atoms with Crippen LogP contribution in [0.2, 0.25) is 0 Å². The Morgan fingerprint density at radius 1 is 1.26 bits per heavy atom. The van der Waals surface area contributed by atoms with E-state index in [0.29, 0.717) is 29.1 Å². The van der Waals surface area contributed by atoms with Crippen molar-refractivity contribution < 1.29 is 9.59 Å². The number of carbonyl (C=O) groups is 2. The summed E-state index contributed by atoms with van der Waals surface area (Å²) < 4.78 is 0. The van der Waals surface area contributed by atoms with Gasteiger partial charge in [0, 0.05) is 35.8 Å². The second-order valence-corrected chi connectivity index (χ2v) is 5.11. The highest BCUT2D eigenvalue weighted by atomic mass is 16.2. The molecule has 2 aliphatic rings. The molecule has 1 aliphatic carbocycles. The number of hydrogen-bond acceptors (Lipinski definition) is 5. The number of anilines is 1. The lowest BCUT2D eigenvalue weighted by Gasteiger charge is -2.08. The Bertz CT molecular complexity index is 892. The topological polar surface area (TPSA) is 91.3 Å². The van der Waals surface area contributed by atoms with Gasteiger partial charge in [-0.3, -0.25) is 14.6 Å². The van der Waals surface area contributed by atoms with Gasteiger partial charge < -0.3 is 4.98 Å². The first-order chi connectivity index (χ1) is 11.2. The van der Waals surface area contributed by atoms with Crippen molar-refractivity contribution in [2.45, 2.75) is 6.42 Å². The highest BCUT2D eigenvalue weighted by Crippen LogP contribution is 2.23. The number of hydrogen-bond donors (Lipinski definition) is 1. The highest BCUT2D eigenvalue weighted by molar-refractivity contribution is 6.25. The predicted molar refractivity (Wildman–Crippen MR) is 84.8 cm³/mol. The molecule has 7 nitrogen and oxygen atoms in total. The van der Waals surface area contributed by atoms with E-state index in [-0.39, 0.29) is 11.7 Å². The van der Waals surface area contributed by atoms with Crippen molar-refractivity contribution in [3.05, 3.63) is 53.3 Å². The molecule has 112 valence electrons. The van der Waals surface area contributed by atoms with Crippen LogP contribution in [0.5, 0.6) is 0 Å². The van der Waals surface area contributed by atoms with Gasteiger partial charge in [-0.05, 0) is 18.2 Å². The average molecular weight is 305 g/mol. The molecule has 7 heteroatoms. The maximum atomic E-state index is 12.4. The molecule has 0 radical (unpaired) electrons. The fourth-order valence-electron chi connectivity index (χ4n) is 2.51. The largest absolute Gasteiger partial charge is 0.355 e. The van der Waals surface area contributed by atoms with E-state index in [0.717, 1.165) is 5.69 Å². The molecule has 3 heterocycles. The molecule has 1 aliphatic heterocycles. The van der Waals surface area contributed by atoms with E-state index in [1.807, 2.05) is 12.2 Å². The molecule has 0 unspecified atom stereocenters. The first kappa shape index (κ1) is 13.3. The molecule has 0 atom stereocenters. The van der Waals surface area contributed by atoms with Gasteiger partial charge in [-0.25, -0.2) is 4.98 Å². The summed E-state index contributed by atoms with van der Waals surface area (Å²) in [4.78, 5) is 35.3. The van der Waals surface area contributed by atoms with Crippen LogP contribution >= 0.6 is 0 Å². The van der Waals surface area contributed by atoms with Crippen LogP contribution in [0.1, 0.15) is 28.2 Å². The minimum atomic E-state index is -0.292. The van der Waals surface area contributed by atoms with Crippen LogP contribution in [0.25, 0.3) is 12.2 Å². The first-order valence-corrected chi connectivity index (χ1v) is 7.01. The molecule has 0 spiro atoms. The zero-order chi connectivity index (χ0) is 15.8. The van der Waals surface area contributed by atoms with Crippen molar-refractivity contribution in [2.75, 3.05) is 5.01 Å². The standard InChI is InChI=1S/C16H11N5O2/c22-14-3-1-2-13-12(14)7-11(20-13)6-10-8-19-21(16(10)23)15-9-17-4-5-18-15/h1-2,4-9,20H,3H2. The zero-order valence-corrected chi connectivity index (χ0v) is 11.9. The number of nitrogens with zero attached hydrogens (tertiary/aromatic N) is 4. The van der Waals surface area contributed by atoms with E-state index in [1.54, 1.807) is 12.1 Å². The molecular weight excluding hydrogens is 294 g/mol. The van der Waals surface area contributed by atoms with Crippen molar-refractivity contribution in [1.29, 1.82) is 0 Å². The lowest BCUT2D eigenvalue weighted by atomic mass is 10.0. The smallest absolute Gasteiger partial charge is 0.281 e. The van der Waals surface area contributed by atoms with Gasteiger partial charge in [0.1, 0.15) is 0 Å². The Kier molecular flexibility index (Phi) is 2.97. The fourth-order valence-corrected chi connectivity index (χ4v) is 2.51. The summed E-state index contributed by atoms with van der Waals surface area (Å²) in [6.07, 6.45) is 11.7. The van der Waals surface area contributed by atoms with Crippen molar-refractivity contribution >= 4 is 35.9 Å². The van der Waals surface area contributed by atoms with Gasteiger partial charge in [0.2, 0.25) is 0 Å². The number of H-pyrrole nitrogens is 1. The van der Waals surface area contributed by atoms with Crippen LogP contribution in [0, 0.1) is 0 Å². The fraction of sp³-hybridized carbons (Fsp3) is 0.0625. The molecule has 1 amide bonds. The zero-order valence-electron chi connectivity index (χ0n) is 11.9. The van der Waals surface area contributed by atoms with E-state index < -0.39 is 0 Å². The molecule has 0 saturated carbocycles. The summed E-state index contributed by atoms with van der Waals surface area (Å²) in [5.41, 5.74) is 2.50. The van der Waals surface area contributed by atoms with Gasteiger partial charge in [-0.15, -0.1) is 0 Å². The van der Waals surface area contributed by atoms with Crippen LogP contribution in [0.15, 0.2) is 41.4 Å². The van der Waals surface area contributed by atoms with Crippen molar-refractivity contribution in [1.82, 2.24) is 15.0 Å². The quantitative estimate of drug-likeness (QED) is 0.857. The van der Waals surface area contributed by atoms with E-state index in [1.165, 1.54) is 29.8 Å². The summed E-state index contributed by atoms with van der Waals surface area (Å²) >= 11 is 0. The van der Waals surface area contributed by atoms with Gasteiger partial charge in [0.25, 0.3) is 5.91 Å². The molecule has 0 fully saturated rings. The third kappa shape index (κ3) is 2.28. The third-order valence-corrected chi connectivity index (χ3v) is 3.59. The second-order valence-electron chi connectivity index (χ2n) is 5.11. The summed E-state index contributed by atoms with van der Waals surface area (Å²) in [6.45, 7) is 0. The summed E-state index contributed by atoms with van der Waals surface area (Å²) in [6, 6.07) is 1.75. The Hall–Kier alpha value is -3.35. The summed E-state index contributed by atoms with van der Waals surface area (Å²) in [7, 11) is 0. The van der Waals surface area contributed by atoms with Gasteiger partial charge in [0.05, 0.1) is 18.0 Å². The number of fused-ring (bicyclic) bond motifs is 1. The van der Waals surface area contributed by atoms with E-state index in [9.17, 15) is 9.59 Å². The Balaban J connectivity index is 1.64. The second kappa shape index (κ2) is 5.13. The Labute approximate surface area is 131 Å². The number of rotatable bonds is 2. The molecule has 2 aromatic heterocycles. The SMILES string of the molecule is O=C1CC=Cc2[nH]c(C=C3C=NN(c4cnccn4)C3=O)cc21. The minimum Gasteiger partial charge on any atom is -0.355 e. The summed E-state index contributed by atoms with van der Waals surface area (Å²) in [5, 5.41) is 5.24. The first-order valence-electron chi connectivity index (χ1n) is 7.01. The molecule has 1 N–H and O–H groups in total. The number of nitrogens with one attached hydrogen (secondary N) is 1. The highest BCUT2D eigenvalue weighted by Gasteiger charge is 2.25. The van der Waals surface area contributed by atoms with Crippen LogP contribution in [0.3, 0.4) is 0 Å². The minimum absolute atomic E-state index is 0.0657. The number of aromatic nitrogens is 3. The number of amides is 1. The Morgan fingerprint density at radius 2 is 2.17 bits per heavy atom. The molecule has 2 aromatic rings. The molecule has 0 aromatic carbocycles. The number of ketones is 1. The third-order valence-electron chi connectivity index (χ3n) is 3.59. The maximum absolute atomic E-state index is 12.4. The van der Waals surface area contributed by atoms with Gasteiger partial charge in [-0.2, -0.15) is 10.1 Å². The Morgan fingerprint density at radius 3 is 2.96 bits per heavy atom. The number of hydrazone groups is 1. The van der Waals surface area contributed by atoms with E-state index in [4.69, 9.17) is 0 Å². The number of carbonyl (C=O) groups excluding carboxylic acids is 2. The molecule has 23 heavy (non-hydrogen) atoms. The van der Waals surface area contributed by atoms with Crippen LogP contribution in [0.4, 0.5) is 5.82 Å². The summed E-state index contributed by atoms with van der Waals surface area (Å²) in [5.74, 6) is 0.136. The van der Waals surface area contributed by atoms with Gasteiger partial charge >= 0.3 is 0 Å². The predicted octanol–water partition coefficient (Wildman–Crippen LogP) is 1.82. The lowest BCUT2D eigenvalue weighted by Crippen LogP contribution is -2.22. The number of Topliss-reactive ketones (excluding diaryl/α,β-unsaturated/α-hetero) is 1. The van der Waals surface area contributed by atoms with E-state index >= 15 is 0 Å².